The summed E-state index contributed by atoms with van der Waals surface area (Å²) in [6.45, 7) is 6.17. The molecule has 0 aliphatic carbocycles. The van der Waals surface area contributed by atoms with Crippen LogP contribution in [0.25, 0.3) is 0 Å². The van der Waals surface area contributed by atoms with Gasteiger partial charge in [-0.25, -0.2) is 0 Å². The molecule has 0 bridgehead atoms. The monoisotopic (exact) mass is 265 g/mol. The van der Waals surface area contributed by atoms with Crippen LogP contribution in [0.15, 0.2) is 35.5 Å². The molecule has 4 N–H and O–H groups in total. The normalized spacial score (nSPS) is 10.3. The van der Waals surface area contributed by atoms with E-state index in [4.69, 9.17) is 12.2 Å². The third-order valence-electron chi connectivity index (χ3n) is 1.97. The number of hydrazone groups is 1. The maximum atomic E-state index is 9.51. The van der Waals surface area contributed by atoms with E-state index in [9.17, 15) is 10.2 Å². The molecule has 1 aromatic carbocycles. The summed E-state index contributed by atoms with van der Waals surface area (Å²) < 4.78 is 0. The second-order valence-corrected chi connectivity index (χ2v) is 4.13. The Bertz CT molecular complexity index is 486. The van der Waals surface area contributed by atoms with E-state index in [-0.39, 0.29) is 11.5 Å². The average molecular weight is 265 g/mol. The van der Waals surface area contributed by atoms with Crippen molar-refractivity contribution < 1.29 is 10.2 Å². The Labute approximate surface area is 111 Å². The van der Waals surface area contributed by atoms with E-state index >= 15 is 0 Å². The summed E-state index contributed by atoms with van der Waals surface area (Å²) >= 11 is 4.96. The van der Waals surface area contributed by atoms with Crippen LogP contribution in [0.2, 0.25) is 0 Å². The lowest BCUT2D eigenvalue weighted by Gasteiger charge is -2.06. The van der Waals surface area contributed by atoms with Crippen LogP contribution in [-0.4, -0.2) is 28.1 Å². The molecule has 5 nitrogen and oxygen atoms in total. The SMILES string of the molecule is C=C(C)CNC(=S)NN=Cc1cccc(O)c1O. The molecule has 0 aliphatic rings. The largest absolute Gasteiger partial charge is 0.504 e. The maximum Gasteiger partial charge on any atom is 0.187 e. The first kappa shape index (κ1) is 14.0. The number of benzene rings is 1. The lowest BCUT2D eigenvalue weighted by atomic mass is 10.2. The third-order valence-corrected chi connectivity index (χ3v) is 2.20. The highest BCUT2D eigenvalue weighted by molar-refractivity contribution is 7.80. The van der Waals surface area contributed by atoms with Gasteiger partial charge in [0.25, 0.3) is 0 Å². The molecule has 0 spiro atoms. The van der Waals surface area contributed by atoms with Gasteiger partial charge in [0.1, 0.15) is 0 Å². The fourth-order valence-electron chi connectivity index (χ4n) is 1.08. The minimum absolute atomic E-state index is 0.193. The topological polar surface area (TPSA) is 76.9 Å². The summed E-state index contributed by atoms with van der Waals surface area (Å²) in [5.74, 6) is -0.411. The van der Waals surface area contributed by atoms with Crippen molar-refractivity contribution in [1.82, 2.24) is 10.7 Å². The summed E-state index contributed by atoms with van der Waals surface area (Å²) in [6.07, 6.45) is 1.36. The van der Waals surface area contributed by atoms with Gasteiger partial charge in [-0.3, -0.25) is 5.43 Å². The fourth-order valence-corrected chi connectivity index (χ4v) is 1.21. The molecule has 0 saturated heterocycles. The van der Waals surface area contributed by atoms with E-state index in [1.165, 1.54) is 12.3 Å². The van der Waals surface area contributed by atoms with Crippen LogP contribution in [0.5, 0.6) is 11.5 Å². The molecular weight excluding hydrogens is 250 g/mol. The molecule has 1 aromatic rings. The lowest BCUT2D eigenvalue weighted by Crippen LogP contribution is -2.32. The fraction of sp³-hybridized carbons (Fsp3) is 0.167. The van der Waals surface area contributed by atoms with Gasteiger partial charge in [-0.15, -0.1) is 0 Å². The van der Waals surface area contributed by atoms with Gasteiger partial charge in [0, 0.05) is 12.1 Å². The van der Waals surface area contributed by atoms with Gasteiger partial charge in [0.15, 0.2) is 16.6 Å². The zero-order valence-corrected chi connectivity index (χ0v) is 10.8. The maximum absolute atomic E-state index is 9.51. The molecule has 1 rings (SSSR count). The van der Waals surface area contributed by atoms with Gasteiger partial charge >= 0.3 is 0 Å². The Balaban J connectivity index is 2.52. The number of para-hydroxylation sites is 1. The van der Waals surface area contributed by atoms with Crippen LogP contribution in [0.4, 0.5) is 0 Å². The lowest BCUT2D eigenvalue weighted by molar-refractivity contribution is 0.403. The van der Waals surface area contributed by atoms with Gasteiger partial charge in [0.05, 0.1) is 6.21 Å². The van der Waals surface area contributed by atoms with E-state index in [1.54, 1.807) is 12.1 Å². The Morgan fingerprint density at radius 2 is 2.22 bits per heavy atom. The van der Waals surface area contributed by atoms with Crippen molar-refractivity contribution in [2.75, 3.05) is 6.54 Å². The molecule has 0 aliphatic heterocycles. The van der Waals surface area contributed by atoms with Crippen LogP contribution in [0.1, 0.15) is 12.5 Å². The molecule has 0 atom stereocenters. The molecule has 0 fully saturated rings. The summed E-state index contributed by atoms with van der Waals surface area (Å²) in [6, 6.07) is 4.61. The van der Waals surface area contributed by atoms with Gasteiger partial charge in [-0.2, -0.15) is 5.10 Å². The van der Waals surface area contributed by atoms with Gasteiger partial charge in [0.2, 0.25) is 0 Å². The molecule has 0 radical (unpaired) electrons. The predicted molar refractivity (Wildman–Crippen MR) is 75.9 cm³/mol. The van der Waals surface area contributed by atoms with Crippen LogP contribution >= 0.6 is 12.2 Å². The minimum Gasteiger partial charge on any atom is -0.504 e. The zero-order chi connectivity index (χ0) is 13.5. The number of phenolic OH excluding ortho intramolecular Hbond substituents is 2. The smallest absolute Gasteiger partial charge is 0.187 e. The summed E-state index contributed by atoms with van der Waals surface area (Å²) in [7, 11) is 0. The van der Waals surface area contributed by atoms with E-state index < -0.39 is 0 Å². The molecule has 0 saturated carbocycles. The van der Waals surface area contributed by atoms with E-state index in [1.807, 2.05) is 6.92 Å². The minimum atomic E-state index is -0.219. The highest BCUT2D eigenvalue weighted by Gasteiger charge is 2.02. The Morgan fingerprint density at radius 3 is 2.89 bits per heavy atom. The first-order valence-electron chi connectivity index (χ1n) is 5.23. The quantitative estimate of drug-likeness (QED) is 0.218. The van der Waals surface area contributed by atoms with Gasteiger partial charge < -0.3 is 15.5 Å². The van der Waals surface area contributed by atoms with Gasteiger partial charge in [-0.1, -0.05) is 18.2 Å². The molecule has 18 heavy (non-hydrogen) atoms. The number of rotatable bonds is 4. The van der Waals surface area contributed by atoms with Crippen LogP contribution in [0, 0.1) is 0 Å². The number of phenols is 2. The average Bonchev–Trinajstić information content (AvgIpc) is 2.32. The first-order valence-corrected chi connectivity index (χ1v) is 5.63. The first-order chi connectivity index (χ1) is 8.50. The number of thiocarbonyl (C=S) groups is 1. The second-order valence-electron chi connectivity index (χ2n) is 3.72. The van der Waals surface area contributed by atoms with E-state index in [0.29, 0.717) is 17.2 Å². The van der Waals surface area contributed by atoms with Crippen LogP contribution < -0.4 is 10.7 Å². The van der Waals surface area contributed by atoms with Gasteiger partial charge in [-0.05, 0) is 31.3 Å². The second kappa shape index (κ2) is 6.61. The number of nitrogens with zero attached hydrogens (tertiary/aromatic N) is 1. The number of nitrogens with one attached hydrogen (secondary N) is 2. The van der Waals surface area contributed by atoms with Crippen molar-refractivity contribution in [1.29, 1.82) is 0 Å². The van der Waals surface area contributed by atoms with E-state index in [2.05, 4.69) is 22.4 Å². The zero-order valence-electron chi connectivity index (χ0n) is 9.97. The molecule has 0 unspecified atom stereocenters. The summed E-state index contributed by atoms with van der Waals surface area (Å²) in [5, 5.41) is 25.9. The molecule has 96 valence electrons. The Hall–Kier alpha value is -2.08. The van der Waals surface area contributed by atoms with Crippen molar-refractivity contribution in [3.63, 3.8) is 0 Å². The van der Waals surface area contributed by atoms with Crippen molar-refractivity contribution in [3.05, 3.63) is 35.9 Å². The van der Waals surface area contributed by atoms with Crippen molar-refractivity contribution in [2.45, 2.75) is 6.92 Å². The molecule has 0 heterocycles. The number of hydrogen-bond acceptors (Lipinski definition) is 4. The Morgan fingerprint density at radius 1 is 1.50 bits per heavy atom. The number of aromatic hydroxyl groups is 2. The van der Waals surface area contributed by atoms with E-state index in [0.717, 1.165) is 5.57 Å². The highest BCUT2D eigenvalue weighted by Crippen LogP contribution is 2.26. The van der Waals surface area contributed by atoms with Crippen LogP contribution in [-0.2, 0) is 0 Å². The molecular formula is C12H15N3O2S. The molecule has 6 heteroatoms. The predicted octanol–water partition coefficient (Wildman–Crippen LogP) is 1.47. The molecule has 0 amide bonds. The third kappa shape index (κ3) is 4.42. The number of hydrogen-bond donors (Lipinski definition) is 4. The van der Waals surface area contributed by atoms with Crippen LogP contribution in [0.3, 0.4) is 0 Å². The van der Waals surface area contributed by atoms with Crippen molar-refractivity contribution in [2.24, 2.45) is 5.10 Å². The summed E-state index contributed by atoms with van der Waals surface area (Å²) in [5.41, 5.74) is 3.94. The summed E-state index contributed by atoms with van der Waals surface area (Å²) in [4.78, 5) is 0. The standard InChI is InChI=1S/C12H15N3O2S/c1-8(2)6-13-12(18)15-14-7-9-4-3-5-10(16)11(9)17/h3-5,7,16-17H,1,6H2,2H3,(H2,13,15,18). The highest BCUT2D eigenvalue weighted by atomic mass is 32.1. The Kier molecular flexibility index (Phi) is 5.13. The van der Waals surface area contributed by atoms with Crippen molar-refractivity contribution >= 4 is 23.5 Å². The van der Waals surface area contributed by atoms with Crippen molar-refractivity contribution in [3.8, 4) is 11.5 Å². The molecule has 0 aromatic heterocycles.